The van der Waals surface area contributed by atoms with Crippen LogP contribution in [0.4, 0.5) is 0 Å². The number of aliphatic hydroxyl groups is 2. The summed E-state index contributed by atoms with van der Waals surface area (Å²) in [6.45, 7) is 3.29. The van der Waals surface area contributed by atoms with Crippen LogP contribution in [0.2, 0.25) is 0 Å². The summed E-state index contributed by atoms with van der Waals surface area (Å²) in [6.07, 6.45) is -1.03. The van der Waals surface area contributed by atoms with Gasteiger partial charge in [0, 0.05) is 6.54 Å². The van der Waals surface area contributed by atoms with Gasteiger partial charge in [-0.15, -0.1) is 0 Å². The number of primary amides is 1. The number of carbonyl (C=O) groups is 3. The molecule has 2 rings (SSSR count). The topological polar surface area (TPSA) is 150 Å². The molecule has 9 heteroatoms. The SMILES string of the molecule is C[C@@H](O)C(C(N)=O)N1CC2(CCCN2C(=O)[C@@H](N)[C@@H](C)O)C1=O. The summed E-state index contributed by atoms with van der Waals surface area (Å²) < 4.78 is 0. The van der Waals surface area contributed by atoms with Crippen LogP contribution in [0.15, 0.2) is 0 Å². The maximum absolute atomic E-state index is 12.7. The lowest BCUT2D eigenvalue weighted by Crippen LogP contribution is -2.77. The van der Waals surface area contributed by atoms with E-state index in [-0.39, 0.29) is 6.54 Å². The Kier molecular flexibility index (Phi) is 4.65. The zero-order chi connectivity index (χ0) is 17.5. The van der Waals surface area contributed by atoms with Crippen LogP contribution in [0.3, 0.4) is 0 Å². The van der Waals surface area contributed by atoms with Gasteiger partial charge in [-0.25, -0.2) is 0 Å². The molecule has 2 unspecified atom stereocenters. The first-order valence-corrected chi connectivity index (χ1v) is 7.67. The summed E-state index contributed by atoms with van der Waals surface area (Å²) in [7, 11) is 0. The molecule has 0 aromatic heterocycles. The number of hydrogen-bond donors (Lipinski definition) is 4. The number of rotatable bonds is 5. The number of β-lactam (4-membered cyclic amide) rings is 1. The third-order valence-electron chi connectivity index (χ3n) is 4.73. The van der Waals surface area contributed by atoms with E-state index in [1.54, 1.807) is 0 Å². The van der Waals surface area contributed by atoms with Crippen LogP contribution < -0.4 is 11.5 Å². The maximum atomic E-state index is 12.7. The quantitative estimate of drug-likeness (QED) is 0.398. The molecule has 5 atom stereocenters. The Labute approximate surface area is 134 Å². The minimum absolute atomic E-state index is 0.128. The first kappa shape index (κ1) is 17.6. The zero-order valence-electron chi connectivity index (χ0n) is 13.3. The molecular formula is C14H24N4O5. The number of likely N-dealkylation sites (tertiary alicyclic amines) is 2. The van der Waals surface area contributed by atoms with Gasteiger partial charge in [0.1, 0.15) is 17.6 Å². The molecule has 2 heterocycles. The second-order valence-corrected chi connectivity index (χ2v) is 6.41. The lowest BCUT2D eigenvalue weighted by atomic mass is 9.83. The van der Waals surface area contributed by atoms with E-state index >= 15 is 0 Å². The molecule has 3 amide bonds. The van der Waals surface area contributed by atoms with Crippen molar-refractivity contribution in [1.29, 1.82) is 0 Å². The fourth-order valence-electron chi connectivity index (χ4n) is 3.45. The smallest absolute Gasteiger partial charge is 0.251 e. The normalized spacial score (nSPS) is 29.2. The van der Waals surface area contributed by atoms with E-state index in [9.17, 15) is 24.6 Å². The van der Waals surface area contributed by atoms with Crippen molar-refractivity contribution in [2.24, 2.45) is 11.5 Å². The molecule has 2 aliphatic rings. The van der Waals surface area contributed by atoms with Gasteiger partial charge in [0.15, 0.2) is 0 Å². The Bertz CT molecular complexity index is 523. The highest BCUT2D eigenvalue weighted by atomic mass is 16.3. The molecule has 0 radical (unpaired) electrons. The lowest BCUT2D eigenvalue weighted by Gasteiger charge is -2.53. The Morgan fingerprint density at radius 3 is 2.30 bits per heavy atom. The first-order chi connectivity index (χ1) is 10.6. The van der Waals surface area contributed by atoms with Gasteiger partial charge in [0.2, 0.25) is 11.8 Å². The Morgan fingerprint density at radius 1 is 1.26 bits per heavy atom. The molecule has 1 spiro atoms. The van der Waals surface area contributed by atoms with Gasteiger partial charge in [-0.05, 0) is 26.7 Å². The highest BCUT2D eigenvalue weighted by Gasteiger charge is 2.62. The minimum atomic E-state index is -1.11. The van der Waals surface area contributed by atoms with Crippen molar-refractivity contribution in [3.8, 4) is 0 Å². The van der Waals surface area contributed by atoms with Crippen LogP contribution in [-0.2, 0) is 14.4 Å². The van der Waals surface area contributed by atoms with E-state index in [2.05, 4.69) is 0 Å². The van der Waals surface area contributed by atoms with Crippen molar-refractivity contribution in [3.63, 3.8) is 0 Å². The lowest BCUT2D eigenvalue weighted by molar-refractivity contribution is -0.176. The van der Waals surface area contributed by atoms with Gasteiger partial charge < -0.3 is 31.5 Å². The molecule has 0 aliphatic carbocycles. The van der Waals surface area contributed by atoms with Crippen molar-refractivity contribution in [2.75, 3.05) is 13.1 Å². The van der Waals surface area contributed by atoms with E-state index in [0.29, 0.717) is 19.4 Å². The first-order valence-electron chi connectivity index (χ1n) is 7.67. The van der Waals surface area contributed by atoms with Gasteiger partial charge in [-0.3, -0.25) is 14.4 Å². The minimum Gasteiger partial charge on any atom is -0.391 e. The summed E-state index contributed by atoms with van der Waals surface area (Å²) in [5.74, 6) is -1.69. The third kappa shape index (κ3) is 2.68. The van der Waals surface area contributed by atoms with E-state index in [4.69, 9.17) is 11.5 Å². The van der Waals surface area contributed by atoms with Crippen LogP contribution in [0.5, 0.6) is 0 Å². The second kappa shape index (κ2) is 6.06. The number of amides is 3. The van der Waals surface area contributed by atoms with Gasteiger partial charge in [-0.1, -0.05) is 0 Å². The van der Waals surface area contributed by atoms with Crippen LogP contribution in [0.1, 0.15) is 26.7 Å². The Balaban J connectivity index is 2.19. The van der Waals surface area contributed by atoms with Gasteiger partial charge >= 0.3 is 0 Å². The Hall–Kier alpha value is -1.71. The fraction of sp³-hybridized carbons (Fsp3) is 0.786. The third-order valence-corrected chi connectivity index (χ3v) is 4.73. The molecule has 23 heavy (non-hydrogen) atoms. The number of hydrogen-bond acceptors (Lipinski definition) is 6. The molecule has 0 saturated carbocycles. The molecule has 130 valence electrons. The molecule has 2 aliphatic heterocycles. The van der Waals surface area contributed by atoms with E-state index in [0.717, 1.165) is 0 Å². The Morgan fingerprint density at radius 2 is 1.87 bits per heavy atom. The predicted octanol–water partition coefficient (Wildman–Crippen LogP) is -2.87. The molecule has 0 bridgehead atoms. The molecule has 2 fully saturated rings. The predicted molar refractivity (Wildman–Crippen MR) is 79.7 cm³/mol. The molecular weight excluding hydrogens is 304 g/mol. The van der Waals surface area contributed by atoms with Crippen LogP contribution >= 0.6 is 0 Å². The number of nitrogens with two attached hydrogens (primary N) is 2. The summed E-state index contributed by atoms with van der Waals surface area (Å²) >= 11 is 0. The van der Waals surface area contributed by atoms with Crippen molar-refractivity contribution in [2.45, 2.75) is 56.5 Å². The fourth-order valence-corrected chi connectivity index (χ4v) is 3.45. The van der Waals surface area contributed by atoms with Crippen LogP contribution in [0.25, 0.3) is 0 Å². The van der Waals surface area contributed by atoms with E-state index in [1.807, 2.05) is 0 Å². The van der Waals surface area contributed by atoms with E-state index < -0.39 is 47.6 Å². The van der Waals surface area contributed by atoms with Crippen molar-refractivity contribution >= 4 is 17.7 Å². The average Bonchev–Trinajstić information content (AvgIpc) is 2.90. The van der Waals surface area contributed by atoms with Crippen molar-refractivity contribution in [3.05, 3.63) is 0 Å². The largest absolute Gasteiger partial charge is 0.391 e. The summed E-state index contributed by atoms with van der Waals surface area (Å²) in [4.78, 5) is 39.1. The standard InChI is InChI=1S/C14H24N4O5/c1-7(19)9(15)12(22)18-5-3-4-14(18)6-17(13(14)23)10(8(2)20)11(16)21/h7-10,19-20H,3-6,15H2,1-2H3,(H2,16,21)/t7-,8-,9+,10?,14?/m1/s1. The number of aliphatic hydroxyl groups excluding tert-OH is 2. The van der Waals surface area contributed by atoms with Gasteiger partial charge in [-0.2, -0.15) is 0 Å². The zero-order valence-corrected chi connectivity index (χ0v) is 13.3. The van der Waals surface area contributed by atoms with Crippen LogP contribution in [-0.4, -0.2) is 80.7 Å². The summed E-state index contributed by atoms with van der Waals surface area (Å²) in [5, 5.41) is 19.2. The molecule has 2 saturated heterocycles. The van der Waals surface area contributed by atoms with Crippen LogP contribution in [0, 0.1) is 0 Å². The number of nitrogens with zero attached hydrogens (tertiary/aromatic N) is 2. The molecule has 0 aromatic rings. The second-order valence-electron chi connectivity index (χ2n) is 6.41. The highest BCUT2D eigenvalue weighted by Crippen LogP contribution is 2.40. The summed E-state index contributed by atoms with van der Waals surface area (Å²) in [6, 6.07) is -2.22. The average molecular weight is 328 g/mol. The van der Waals surface area contributed by atoms with Crippen molar-refractivity contribution < 1.29 is 24.6 Å². The maximum Gasteiger partial charge on any atom is 0.251 e. The van der Waals surface area contributed by atoms with E-state index in [1.165, 1.54) is 23.6 Å². The van der Waals surface area contributed by atoms with Gasteiger partial charge in [0.05, 0.1) is 18.8 Å². The highest BCUT2D eigenvalue weighted by molar-refractivity contribution is 6.01. The van der Waals surface area contributed by atoms with Crippen molar-refractivity contribution in [1.82, 2.24) is 9.80 Å². The molecule has 0 aromatic carbocycles. The van der Waals surface area contributed by atoms with Gasteiger partial charge in [0.25, 0.3) is 5.91 Å². The monoisotopic (exact) mass is 328 g/mol. The molecule has 9 nitrogen and oxygen atoms in total. The molecule has 6 N–H and O–H groups in total. The number of carbonyl (C=O) groups excluding carboxylic acids is 3. The summed E-state index contributed by atoms with van der Waals surface area (Å²) in [5.41, 5.74) is 9.91.